The summed E-state index contributed by atoms with van der Waals surface area (Å²) < 4.78 is 47.5. The van der Waals surface area contributed by atoms with Crippen molar-refractivity contribution in [1.29, 1.82) is 0 Å². The Bertz CT molecular complexity index is 887. The van der Waals surface area contributed by atoms with Gasteiger partial charge in [0.05, 0.1) is 11.3 Å². The summed E-state index contributed by atoms with van der Waals surface area (Å²) in [5, 5.41) is 0. The van der Waals surface area contributed by atoms with E-state index in [9.17, 15) is 22.8 Å². The van der Waals surface area contributed by atoms with E-state index in [1.807, 2.05) is 0 Å². The summed E-state index contributed by atoms with van der Waals surface area (Å²) in [5.74, 6) is -4.92. The van der Waals surface area contributed by atoms with Gasteiger partial charge in [0, 0.05) is 12.7 Å². The van der Waals surface area contributed by atoms with E-state index in [2.05, 4.69) is 0 Å². The lowest BCUT2D eigenvalue weighted by atomic mass is 9.86. The number of carbonyl (C=O) groups is 2. The number of carbonyl (C=O) groups excluding carboxylic acids is 2. The van der Waals surface area contributed by atoms with Crippen molar-refractivity contribution in [2.24, 2.45) is 5.73 Å². The van der Waals surface area contributed by atoms with Crippen molar-refractivity contribution in [3.05, 3.63) is 65.0 Å². The molecule has 0 fully saturated rings. The number of methoxy groups -OCH3 is 1. The maximum absolute atomic E-state index is 14.6. The molecule has 3 rings (SSSR count). The van der Waals surface area contributed by atoms with E-state index in [0.29, 0.717) is 0 Å². The monoisotopic (exact) mass is 350 g/mol. The highest BCUT2D eigenvalue weighted by Crippen LogP contribution is 2.48. The number of anilines is 1. The predicted octanol–water partition coefficient (Wildman–Crippen LogP) is 1.83. The molecule has 1 atom stereocenters. The molecule has 0 spiro atoms. The molecular weight excluding hydrogens is 337 g/mol. The molecule has 2 N–H and O–H groups in total. The molecule has 2 amide bonds. The number of hydrogen-bond donors (Lipinski definition) is 1. The second-order valence-corrected chi connectivity index (χ2v) is 5.51. The number of primary amides is 1. The molecule has 0 unspecified atom stereocenters. The number of ether oxygens (including phenoxy) is 1. The molecule has 8 heteroatoms. The average molecular weight is 350 g/mol. The Morgan fingerprint density at radius 1 is 1.24 bits per heavy atom. The van der Waals surface area contributed by atoms with Crippen molar-refractivity contribution in [2.45, 2.75) is 5.60 Å². The SMILES string of the molecule is CO[C@]1(c2cccc(F)c2)C(=O)N(CC(N)=O)c2ccc(F)c(F)c21. The van der Waals surface area contributed by atoms with E-state index in [-0.39, 0.29) is 11.3 Å². The Kier molecular flexibility index (Phi) is 4.00. The van der Waals surface area contributed by atoms with Crippen LogP contribution >= 0.6 is 0 Å². The number of nitrogens with two attached hydrogens (primary N) is 1. The quantitative estimate of drug-likeness (QED) is 0.914. The average Bonchev–Trinajstić information content (AvgIpc) is 2.80. The number of hydrogen-bond acceptors (Lipinski definition) is 3. The topological polar surface area (TPSA) is 72.6 Å². The first kappa shape index (κ1) is 17.0. The van der Waals surface area contributed by atoms with Crippen LogP contribution in [0.1, 0.15) is 11.1 Å². The van der Waals surface area contributed by atoms with Crippen LogP contribution in [0.3, 0.4) is 0 Å². The van der Waals surface area contributed by atoms with Crippen LogP contribution in [-0.4, -0.2) is 25.5 Å². The Morgan fingerprint density at radius 3 is 2.56 bits per heavy atom. The molecule has 1 heterocycles. The standard InChI is InChI=1S/C17H13F3N2O3/c1-25-17(9-3-2-4-10(18)7-9)14-12(6-5-11(19)15(14)20)22(16(17)24)8-13(21)23/h2-7H,8H2,1H3,(H2,21,23)/t17-/m0/s1. The van der Waals surface area contributed by atoms with Gasteiger partial charge >= 0.3 is 0 Å². The minimum Gasteiger partial charge on any atom is -0.368 e. The van der Waals surface area contributed by atoms with E-state index >= 15 is 0 Å². The van der Waals surface area contributed by atoms with Crippen LogP contribution in [-0.2, 0) is 19.9 Å². The van der Waals surface area contributed by atoms with Crippen LogP contribution in [0.4, 0.5) is 18.9 Å². The summed E-state index contributed by atoms with van der Waals surface area (Å²) in [6.07, 6.45) is 0. The number of benzene rings is 2. The number of halogens is 3. The van der Waals surface area contributed by atoms with Gasteiger partial charge in [0.15, 0.2) is 11.6 Å². The molecular formula is C17H13F3N2O3. The number of amides is 2. The highest BCUT2D eigenvalue weighted by atomic mass is 19.2. The van der Waals surface area contributed by atoms with Crippen molar-refractivity contribution < 1.29 is 27.5 Å². The van der Waals surface area contributed by atoms with Crippen LogP contribution in [0.15, 0.2) is 36.4 Å². The molecule has 0 bridgehead atoms. The zero-order chi connectivity index (χ0) is 18.4. The van der Waals surface area contributed by atoms with Gasteiger partial charge < -0.3 is 10.5 Å². The van der Waals surface area contributed by atoms with Gasteiger partial charge in [-0.2, -0.15) is 0 Å². The lowest BCUT2D eigenvalue weighted by Gasteiger charge is -2.28. The Hall–Kier alpha value is -2.87. The van der Waals surface area contributed by atoms with E-state index < -0.39 is 47.0 Å². The highest BCUT2D eigenvalue weighted by Gasteiger charge is 2.55. The molecule has 130 valence electrons. The zero-order valence-corrected chi connectivity index (χ0v) is 13.1. The lowest BCUT2D eigenvalue weighted by molar-refractivity contribution is -0.136. The van der Waals surface area contributed by atoms with Crippen LogP contribution in [0, 0.1) is 17.5 Å². The summed E-state index contributed by atoms with van der Waals surface area (Å²) in [4.78, 5) is 25.2. The zero-order valence-electron chi connectivity index (χ0n) is 13.1. The van der Waals surface area contributed by atoms with Gasteiger partial charge in [0.25, 0.3) is 5.91 Å². The van der Waals surface area contributed by atoms with Crippen LogP contribution < -0.4 is 10.6 Å². The largest absolute Gasteiger partial charge is 0.368 e. The highest BCUT2D eigenvalue weighted by molar-refractivity contribution is 6.11. The predicted molar refractivity (Wildman–Crippen MR) is 82.1 cm³/mol. The molecule has 2 aromatic carbocycles. The maximum Gasteiger partial charge on any atom is 0.269 e. The number of nitrogens with zero attached hydrogens (tertiary/aromatic N) is 1. The Balaban J connectivity index is 2.35. The van der Waals surface area contributed by atoms with Gasteiger partial charge in [-0.15, -0.1) is 0 Å². The molecule has 0 aromatic heterocycles. The lowest BCUT2D eigenvalue weighted by Crippen LogP contribution is -2.45. The van der Waals surface area contributed by atoms with Crippen LogP contribution in [0.2, 0.25) is 0 Å². The summed E-state index contributed by atoms with van der Waals surface area (Å²) in [6, 6.07) is 6.76. The second kappa shape index (κ2) is 5.89. The van der Waals surface area contributed by atoms with E-state index in [1.54, 1.807) is 0 Å². The third kappa shape index (κ3) is 2.37. The molecule has 1 aliphatic rings. The molecule has 25 heavy (non-hydrogen) atoms. The normalized spacial score (nSPS) is 19.2. The second-order valence-electron chi connectivity index (χ2n) is 5.51. The van der Waals surface area contributed by atoms with Crippen molar-refractivity contribution in [1.82, 2.24) is 0 Å². The molecule has 2 aromatic rings. The van der Waals surface area contributed by atoms with Gasteiger partial charge in [-0.3, -0.25) is 14.5 Å². The van der Waals surface area contributed by atoms with E-state index in [1.165, 1.54) is 12.1 Å². The van der Waals surface area contributed by atoms with Gasteiger partial charge in [-0.25, -0.2) is 13.2 Å². The first-order chi connectivity index (χ1) is 11.8. The smallest absolute Gasteiger partial charge is 0.269 e. The van der Waals surface area contributed by atoms with Gasteiger partial charge in [0.2, 0.25) is 11.5 Å². The fourth-order valence-electron chi connectivity index (χ4n) is 3.10. The van der Waals surface area contributed by atoms with Crippen LogP contribution in [0.5, 0.6) is 0 Å². The van der Waals surface area contributed by atoms with Crippen molar-refractivity contribution in [3.63, 3.8) is 0 Å². The molecule has 0 saturated heterocycles. The minimum absolute atomic E-state index is 0.0299. The van der Waals surface area contributed by atoms with E-state index in [0.717, 1.165) is 36.3 Å². The Morgan fingerprint density at radius 2 is 1.96 bits per heavy atom. The fourth-order valence-corrected chi connectivity index (χ4v) is 3.10. The van der Waals surface area contributed by atoms with Gasteiger partial charge in [-0.05, 0) is 24.3 Å². The molecule has 5 nitrogen and oxygen atoms in total. The van der Waals surface area contributed by atoms with Crippen molar-refractivity contribution in [3.8, 4) is 0 Å². The maximum atomic E-state index is 14.6. The first-order valence-electron chi connectivity index (χ1n) is 7.23. The molecule has 0 saturated carbocycles. The number of fused-ring (bicyclic) bond motifs is 1. The molecule has 0 aliphatic carbocycles. The fraction of sp³-hybridized carbons (Fsp3) is 0.176. The van der Waals surface area contributed by atoms with Gasteiger partial charge in [-0.1, -0.05) is 12.1 Å². The van der Waals surface area contributed by atoms with E-state index in [4.69, 9.17) is 10.5 Å². The summed E-state index contributed by atoms with van der Waals surface area (Å²) >= 11 is 0. The third-order valence-corrected chi connectivity index (χ3v) is 4.11. The van der Waals surface area contributed by atoms with Crippen molar-refractivity contribution in [2.75, 3.05) is 18.6 Å². The molecule has 0 radical (unpaired) electrons. The number of rotatable bonds is 4. The van der Waals surface area contributed by atoms with Crippen LogP contribution in [0.25, 0.3) is 0 Å². The molecule has 1 aliphatic heterocycles. The third-order valence-electron chi connectivity index (χ3n) is 4.11. The summed E-state index contributed by atoms with van der Waals surface area (Å²) in [7, 11) is 1.12. The Labute approximate surface area is 140 Å². The minimum atomic E-state index is -2.13. The summed E-state index contributed by atoms with van der Waals surface area (Å²) in [5.41, 5.74) is 2.51. The summed E-state index contributed by atoms with van der Waals surface area (Å²) in [6.45, 7) is -0.558. The first-order valence-corrected chi connectivity index (χ1v) is 7.23. The van der Waals surface area contributed by atoms with Gasteiger partial charge in [0.1, 0.15) is 12.4 Å². The van der Waals surface area contributed by atoms with Crippen molar-refractivity contribution >= 4 is 17.5 Å².